The summed E-state index contributed by atoms with van der Waals surface area (Å²) in [4.78, 5) is 44.7. The molecule has 43 heavy (non-hydrogen) atoms. The van der Waals surface area contributed by atoms with Gasteiger partial charge >= 0.3 is 23.9 Å². The number of ether oxygens (including phenoxy) is 3. The van der Waals surface area contributed by atoms with Gasteiger partial charge in [0, 0.05) is 12.8 Å². The normalized spacial score (nSPS) is 16.1. The topological polar surface area (TPSA) is 160 Å². The van der Waals surface area contributed by atoms with E-state index in [0.29, 0.717) is 24.7 Å². The molecular formula is C32H60N2O9. The van der Waals surface area contributed by atoms with Crippen LogP contribution in [-0.4, -0.2) is 86.7 Å². The summed E-state index contributed by atoms with van der Waals surface area (Å²) in [7, 11) is 0. The van der Waals surface area contributed by atoms with Crippen LogP contribution in [0.1, 0.15) is 106 Å². The number of carbonyl (C=O) groups is 4. The van der Waals surface area contributed by atoms with Gasteiger partial charge in [-0.3, -0.25) is 19.2 Å². The number of rotatable bonds is 15. The van der Waals surface area contributed by atoms with Gasteiger partial charge in [-0.1, -0.05) is 13.8 Å². The highest BCUT2D eigenvalue weighted by Crippen LogP contribution is 2.22. The molecule has 2 heterocycles. The largest absolute Gasteiger partial charge is 0.481 e. The summed E-state index contributed by atoms with van der Waals surface area (Å²) in [5.74, 6) is -0.0676. The van der Waals surface area contributed by atoms with E-state index in [-0.39, 0.29) is 44.3 Å². The van der Waals surface area contributed by atoms with Crippen molar-refractivity contribution in [2.75, 3.05) is 52.6 Å². The molecule has 2 saturated heterocycles. The van der Waals surface area contributed by atoms with E-state index in [9.17, 15) is 19.2 Å². The minimum Gasteiger partial charge on any atom is -0.481 e. The minimum atomic E-state index is -0.663. The SMILES string of the molecule is CCC(C)(C)C(=O)OCCO.CCC(C)(C)C(=O)OCCOC(=O)CCC1CCNCC1.O=C(O)CCC1CCNCC1. The maximum atomic E-state index is 11.7. The first-order valence-electron chi connectivity index (χ1n) is 16.0. The van der Waals surface area contributed by atoms with Gasteiger partial charge in [-0.05, 0) is 117 Å². The number of esters is 3. The Labute approximate surface area is 259 Å². The highest BCUT2D eigenvalue weighted by molar-refractivity contribution is 5.76. The van der Waals surface area contributed by atoms with Crippen molar-refractivity contribution in [2.45, 2.75) is 106 Å². The van der Waals surface area contributed by atoms with Gasteiger partial charge < -0.3 is 35.1 Å². The fourth-order valence-electron chi connectivity index (χ4n) is 4.17. The van der Waals surface area contributed by atoms with Crippen molar-refractivity contribution in [2.24, 2.45) is 22.7 Å². The molecule has 11 nitrogen and oxygen atoms in total. The molecule has 11 heteroatoms. The first kappa shape index (κ1) is 40.8. The van der Waals surface area contributed by atoms with E-state index in [0.717, 1.165) is 77.5 Å². The van der Waals surface area contributed by atoms with E-state index in [1.54, 1.807) is 0 Å². The highest BCUT2D eigenvalue weighted by Gasteiger charge is 2.27. The summed E-state index contributed by atoms with van der Waals surface area (Å²) in [6.45, 7) is 15.7. The van der Waals surface area contributed by atoms with Crippen LogP contribution in [0.15, 0.2) is 0 Å². The molecule has 0 radical (unpaired) electrons. The van der Waals surface area contributed by atoms with Crippen molar-refractivity contribution in [1.29, 1.82) is 0 Å². The van der Waals surface area contributed by atoms with Gasteiger partial charge in [0.05, 0.1) is 17.4 Å². The first-order valence-corrected chi connectivity index (χ1v) is 16.0. The van der Waals surface area contributed by atoms with Crippen molar-refractivity contribution in [3.8, 4) is 0 Å². The summed E-state index contributed by atoms with van der Waals surface area (Å²) in [5.41, 5.74) is -0.895. The molecule has 2 aliphatic rings. The number of nitrogens with one attached hydrogen (secondary N) is 2. The predicted octanol–water partition coefficient (Wildman–Crippen LogP) is 4.10. The molecular weight excluding hydrogens is 556 g/mol. The summed E-state index contributed by atoms with van der Waals surface area (Å²) >= 11 is 0. The summed E-state index contributed by atoms with van der Waals surface area (Å²) < 4.78 is 15.0. The van der Waals surface area contributed by atoms with Crippen molar-refractivity contribution in [3.63, 3.8) is 0 Å². The lowest BCUT2D eigenvalue weighted by Gasteiger charge is -2.22. The average Bonchev–Trinajstić information content (AvgIpc) is 3.01. The molecule has 0 amide bonds. The average molecular weight is 617 g/mol. The van der Waals surface area contributed by atoms with Crippen LogP contribution >= 0.6 is 0 Å². The molecule has 252 valence electrons. The van der Waals surface area contributed by atoms with Gasteiger partial charge in [-0.15, -0.1) is 0 Å². The smallest absolute Gasteiger partial charge is 0.311 e. The van der Waals surface area contributed by atoms with Crippen LogP contribution in [-0.2, 0) is 33.4 Å². The molecule has 0 bridgehead atoms. The summed E-state index contributed by atoms with van der Waals surface area (Å²) in [5, 5.41) is 23.4. The van der Waals surface area contributed by atoms with Crippen molar-refractivity contribution in [3.05, 3.63) is 0 Å². The number of aliphatic carboxylic acids is 1. The second-order valence-electron chi connectivity index (χ2n) is 12.5. The zero-order valence-electron chi connectivity index (χ0n) is 27.6. The third-order valence-electron chi connectivity index (χ3n) is 8.22. The monoisotopic (exact) mass is 616 g/mol. The Bertz CT molecular complexity index is 790. The molecule has 0 aromatic carbocycles. The lowest BCUT2D eigenvalue weighted by Crippen LogP contribution is -2.28. The second-order valence-corrected chi connectivity index (χ2v) is 12.5. The second kappa shape index (κ2) is 23.2. The Morgan fingerprint density at radius 3 is 1.47 bits per heavy atom. The minimum absolute atomic E-state index is 0.0995. The van der Waals surface area contributed by atoms with E-state index >= 15 is 0 Å². The van der Waals surface area contributed by atoms with E-state index in [1.807, 2.05) is 41.5 Å². The van der Waals surface area contributed by atoms with Gasteiger partial charge in [0.15, 0.2) is 0 Å². The van der Waals surface area contributed by atoms with Gasteiger partial charge in [0.2, 0.25) is 0 Å². The zero-order chi connectivity index (χ0) is 32.7. The van der Waals surface area contributed by atoms with E-state index in [4.69, 9.17) is 24.4 Å². The van der Waals surface area contributed by atoms with Crippen LogP contribution in [0.4, 0.5) is 0 Å². The van der Waals surface area contributed by atoms with E-state index in [1.165, 1.54) is 0 Å². The van der Waals surface area contributed by atoms with E-state index in [2.05, 4.69) is 10.6 Å². The lowest BCUT2D eigenvalue weighted by molar-refractivity contribution is -0.159. The Morgan fingerprint density at radius 1 is 0.674 bits per heavy atom. The summed E-state index contributed by atoms with van der Waals surface area (Å²) in [6, 6.07) is 0. The molecule has 0 aromatic heterocycles. The number of aliphatic hydroxyl groups excluding tert-OH is 1. The van der Waals surface area contributed by atoms with Gasteiger partial charge in [0.25, 0.3) is 0 Å². The fraction of sp³-hybridized carbons (Fsp3) is 0.875. The molecule has 4 N–H and O–H groups in total. The summed E-state index contributed by atoms with van der Waals surface area (Å²) in [6.07, 6.45) is 8.58. The fourth-order valence-corrected chi connectivity index (χ4v) is 4.17. The number of piperidine rings is 2. The molecule has 0 spiro atoms. The molecule has 0 atom stereocenters. The van der Waals surface area contributed by atoms with Crippen LogP contribution in [0, 0.1) is 22.7 Å². The van der Waals surface area contributed by atoms with Crippen molar-refractivity contribution < 1.29 is 43.6 Å². The molecule has 0 aromatic rings. The van der Waals surface area contributed by atoms with Gasteiger partial charge in [-0.25, -0.2) is 0 Å². The van der Waals surface area contributed by atoms with Crippen LogP contribution in [0.5, 0.6) is 0 Å². The number of carbonyl (C=O) groups excluding carboxylic acids is 3. The van der Waals surface area contributed by atoms with Crippen LogP contribution < -0.4 is 10.6 Å². The standard InChI is InChI=1S/C16H29NO4.C8H15NO2.C8H16O3/c1-4-16(2,3)15(19)21-12-11-20-14(18)6-5-13-7-9-17-10-8-13;10-8(11)2-1-7-3-5-9-6-4-7;1-4-8(2,3)7(10)11-6-5-9/h13,17H,4-12H2,1-3H3;7,9H,1-6H2,(H,10,11);9H,4-6H2,1-3H3. The molecule has 0 saturated carbocycles. The van der Waals surface area contributed by atoms with Crippen molar-refractivity contribution in [1.82, 2.24) is 10.6 Å². The predicted molar refractivity (Wildman–Crippen MR) is 165 cm³/mol. The Kier molecular flexibility index (Phi) is 22.0. The van der Waals surface area contributed by atoms with Gasteiger partial charge in [0.1, 0.15) is 19.8 Å². The number of carboxylic acids is 1. The Hall–Kier alpha value is -2.24. The number of hydrogen-bond donors (Lipinski definition) is 4. The van der Waals surface area contributed by atoms with Crippen molar-refractivity contribution >= 4 is 23.9 Å². The third kappa shape index (κ3) is 20.4. The Morgan fingerprint density at radius 2 is 1.07 bits per heavy atom. The molecule has 2 aliphatic heterocycles. The van der Waals surface area contributed by atoms with Crippen LogP contribution in [0.2, 0.25) is 0 Å². The first-order chi connectivity index (χ1) is 20.3. The third-order valence-corrected chi connectivity index (χ3v) is 8.22. The lowest BCUT2D eigenvalue weighted by atomic mass is 9.91. The number of carboxylic acid groups (broad SMARTS) is 1. The number of hydrogen-bond acceptors (Lipinski definition) is 10. The van der Waals surface area contributed by atoms with Gasteiger partial charge in [-0.2, -0.15) is 0 Å². The molecule has 0 unspecified atom stereocenters. The molecule has 2 rings (SSSR count). The quantitative estimate of drug-likeness (QED) is 0.119. The maximum Gasteiger partial charge on any atom is 0.311 e. The van der Waals surface area contributed by atoms with Crippen LogP contribution in [0.25, 0.3) is 0 Å². The Balaban J connectivity index is 0.000000677. The van der Waals surface area contributed by atoms with Crippen LogP contribution in [0.3, 0.4) is 0 Å². The zero-order valence-corrected chi connectivity index (χ0v) is 27.6. The molecule has 0 aliphatic carbocycles. The molecule has 2 fully saturated rings. The van der Waals surface area contributed by atoms with E-state index < -0.39 is 16.8 Å². The maximum absolute atomic E-state index is 11.7. The highest BCUT2D eigenvalue weighted by atomic mass is 16.6. The number of aliphatic hydroxyl groups is 1.